The third-order valence-corrected chi connectivity index (χ3v) is 7.80. The van der Waals surface area contributed by atoms with E-state index in [9.17, 15) is 0 Å². The van der Waals surface area contributed by atoms with E-state index in [1.54, 1.807) is 0 Å². The van der Waals surface area contributed by atoms with Gasteiger partial charge in [-0.1, -0.05) is 83.5 Å². The highest BCUT2D eigenvalue weighted by atomic mass is 28.3. The molecular weight excluding hydrogens is 290 g/mol. The van der Waals surface area contributed by atoms with Crippen LogP contribution in [-0.2, 0) is 6.54 Å². The van der Waals surface area contributed by atoms with Gasteiger partial charge in [0.25, 0.3) is 0 Å². The van der Waals surface area contributed by atoms with Crippen LogP contribution < -0.4 is 10.6 Å². The van der Waals surface area contributed by atoms with Crippen LogP contribution in [0.5, 0.6) is 0 Å². The number of unbranched alkanes of at least 4 members (excludes halogenated alkanes) is 5. The first kappa shape index (κ1) is 18.6. The molecule has 0 saturated heterocycles. The van der Waals surface area contributed by atoms with Crippen LogP contribution in [0, 0.1) is 0 Å². The Morgan fingerprint density at radius 2 is 1.38 bits per heavy atom. The Labute approximate surface area is 133 Å². The molecule has 0 bridgehead atoms. The standard InChI is InChI=1S/C16H35N3Si2/c1-8-9-10-11-12-13-14-19-16(21(5,6)7)15(17-18-19)20(2,3)4/h8-14H2,1-7H3. The monoisotopic (exact) mass is 325 g/mol. The van der Waals surface area contributed by atoms with E-state index in [1.165, 1.54) is 49.2 Å². The molecule has 0 aliphatic carbocycles. The molecule has 0 fully saturated rings. The lowest BCUT2D eigenvalue weighted by molar-refractivity contribution is 0.523. The Kier molecular flexibility index (Phi) is 6.85. The van der Waals surface area contributed by atoms with E-state index in [0.29, 0.717) is 0 Å². The van der Waals surface area contributed by atoms with Crippen LogP contribution in [0.15, 0.2) is 0 Å². The van der Waals surface area contributed by atoms with Gasteiger partial charge < -0.3 is 0 Å². The molecule has 0 unspecified atom stereocenters. The highest BCUT2D eigenvalue weighted by molar-refractivity contribution is 6.97. The molecule has 0 aromatic carbocycles. The van der Waals surface area contributed by atoms with Gasteiger partial charge in [-0.2, -0.15) is 0 Å². The van der Waals surface area contributed by atoms with Crippen molar-refractivity contribution >= 4 is 26.8 Å². The molecule has 122 valence electrons. The average Bonchev–Trinajstić information content (AvgIpc) is 2.77. The van der Waals surface area contributed by atoms with Crippen LogP contribution in [-0.4, -0.2) is 31.1 Å². The zero-order chi connectivity index (χ0) is 16.1. The van der Waals surface area contributed by atoms with Crippen molar-refractivity contribution in [2.45, 2.75) is 91.3 Å². The molecular formula is C16H35N3Si2. The summed E-state index contributed by atoms with van der Waals surface area (Å²) in [6.45, 7) is 17.8. The predicted octanol–water partition coefficient (Wildman–Crippen LogP) is 3.73. The molecule has 0 radical (unpaired) electrons. The minimum Gasteiger partial charge on any atom is -0.254 e. The number of hydrogen-bond acceptors (Lipinski definition) is 2. The van der Waals surface area contributed by atoms with E-state index < -0.39 is 16.1 Å². The van der Waals surface area contributed by atoms with E-state index in [1.807, 2.05) is 0 Å². The molecule has 0 amide bonds. The van der Waals surface area contributed by atoms with Crippen molar-refractivity contribution < 1.29 is 0 Å². The van der Waals surface area contributed by atoms with Crippen LogP contribution in [0.3, 0.4) is 0 Å². The SMILES string of the molecule is CCCCCCCCn1nnc([Si](C)(C)C)c1[Si](C)(C)C. The summed E-state index contributed by atoms with van der Waals surface area (Å²) < 4.78 is 2.25. The largest absolute Gasteiger partial charge is 0.254 e. The second-order valence-electron chi connectivity index (χ2n) is 8.28. The molecule has 0 N–H and O–H groups in total. The molecule has 1 heterocycles. The first-order chi connectivity index (χ1) is 9.68. The van der Waals surface area contributed by atoms with E-state index >= 15 is 0 Å². The maximum absolute atomic E-state index is 4.59. The van der Waals surface area contributed by atoms with Gasteiger partial charge in [-0.3, -0.25) is 4.68 Å². The van der Waals surface area contributed by atoms with Crippen LogP contribution >= 0.6 is 0 Å². The Bertz CT molecular complexity index is 428. The first-order valence-electron chi connectivity index (χ1n) is 8.62. The highest BCUT2D eigenvalue weighted by Gasteiger charge is 2.33. The van der Waals surface area contributed by atoms with Crippen molar-refractivity contribution in [1.82, 2.24) is 15.0 Å². The minimum absolute atomic E-state index is 1.06. The van der Waals surface area contributed by atoms with Gasteiger partial charge in [0.1, 0.15) is 16.1 Å². The summed E-state index contributed by atoms with van der Waals surface area (Å²) in [6, 6.07) is 0. The van der Waals surface area contributed by atoms with Crippen LogP contribution in [0.1, 0.15) is 45.4 Å². The molecule has 0 atom stereocenters. The highest BCUT2D eigenvalue weighted by Crippen LogP contribution is 2.08. The van der Waals surface area contributed by atoms with Crippen molar-refractivity contribution in [2.24, 2.45) is 0 Å². The summed E-state index contributed by atoms with van der Waals surface area (Å²) in [6.07, 6.45) is 8.02. The third kappa shape index (κ3) is 5.70. The lowest BCUT2D eigenvalue weighted by Crippen LogP contribution is -2.58. The van der Waals surface area contributed by atoms with E-state index in [-0.39, 0.29) is 0 Å². The fraction of sp³-hybridized carbons (Fsp3) is 0.875. The van der Waals surface area contributed by atoms with Crippen LogP contribution in [0.25, 0.3) is 0 Å². The number of aromatic nitrogens is 3. The third-order valence-electron chi connectivity index (χ3n) is 3.88. The normalized spacial score (nSPS) is 12.9. The zero-order valence-corrected chi connectivity index (χ0v) is 17.3. The fourth-order valence-electron chi connectivity index (χ4n) is 2.76. The van der Waals surface area contributed by atoms with E-state index in [4.69, 9.17) is 0 Å². The lowest BCUT2D eigenvalue weighted by atomic mass is 10.1. The quantitative estimate of drug-likeness (QED) is 0.511. The molecule has 0 spiro atoms. The second kappa shape index (κ2) is 7.72. The summed E-state index contributed by atoms with van der Waals surface area (Å²) >= 11 is 0. The summed E-state index contributed by atoms with van der Waals surface area (Å²) in [4.78, 5) is 0. The Hall–Kier alpha value is -0.426. The Morgan fingerprint density at radius 1 is 0.810 bits per heavy atom. The molecule has 1 aromatic heterocycles. The number of aryl methyl sites for hydroxylation is 1. The lowest BCUT2D eigenvalue weighted by Gasteiger charge is -2.23. The van der Waals surface area contributed by atoms with Gasteiger partial charge in [0, 0.05) is 11.9 Å². The number of hydrogen-bond donors (Lipinski definition) is 0. The van der Waals surface area contributed by atoms with Gasteiger partial charge in [0.2, 0.25) is 0 Å². The summed E-state index contributed by atoms with van der Waals surface area (Å²) in [5.41, 5.74) is 0. The second-order valence-corrected chi connectivity index (χ2v) is 18.2. The van der Waals surface area contributed by atoms with Gasteiger partial charge in [0.05, 0.1) is 5.32 Å². The number of rotatable bonds is 9. The molecule has 5 heteroatoms. The molecule has 1 aromatic rings. The molecule has 0 saturated carbocycles. The molecule has 3 nitrogen and oxygen atoms in total. The molecule has 0 aliphatic rings. The maximum Gasteiger partial charge on any atom is 0.106 e. The van der Waals surface area contributed by atoms with Crippen molar-refractivity contribution in [3.63, 3.8) is 0 Å². The molecule has 21 heavy (non-hydrogen) atoms. The minimum atomic E-state index is -1.39. The Morgan fingerprint density at radius 3 is 1.90 bits per heavy atom. The number of nitrogens with zero attached hydrogens (tertiary/aromatic N) is 3. The summed E-state index contributed by atoms with van der Waals surface area (Å²) in [5.74, 6) is 0. The van der Waals surface area contributed by atoms with Crippen LogP contribution in [0.2, 0.25) is 39.3 Å². The van der Waals surface area contributed by atoms with Gasteiger partial charge in [-0.05, 0) is 6.42 Å². The van der Waals surface area contributed by atoms with Crippen molar-refractivity contribution in [2.75, 3.05) is 0 Å². The van der Waals surface area contributed by atoms with Gasteiger partial charge in [-0.15, -0.1) is 5.10 Å². The van der Waals surface area contributed by atoms with E-state index in [2.05, 4.69) is 61.2 Å². The first-order valence-corrected chi connectivity index (χ1v) is 15.6. The van der Waals surface area contributed by atoms with Gasteiger partial charge in [0.15, 0.2) is 0 Å². The van der Waals surface area contributed by atoms with Crippen molar-refractivity contribution in [1.29, 1.82) is 0 Å². The van der Waals surface area contributed by atoms with Gasteiger partial charge >= 0.3 is 0 Å². The Balaban J connectivity index is 2.73. The maximum atomic E-state index is 4.59. The summed E-state index contributed by atoms with van der Waals surface area (Å²) in [7, 11) is -2.78. The van der Waals surface area contributed by atoms with E-state index in [0.717, 1.165) is 6.54 Å². The fourth-order valence-corrected chi connectivity index (χ4v) is 7.88. The van der Waals surface area contributed by atoms with Crippen LogP contribution in [0.4, 0.5) is 0 Å². The van der Waals surface area contributed by atoms with Crippen molar-refractivity contribution in [3.8, 4) is 0 Å². The smallest absolute Gasteiger partial charge is 0.106 e. The predicted molar refractivity (Wildman–Crippen MR) is 99.4 cm³/mol. The molecule has 0 aliphatic heterocycles. The zero-order valence-electron chi connectivity index (χ0n) is 15.3. The topological polar surface area (TPSA) is 30.7 Å². The van der Waals surface area contributed by atoms with Gasteiger partial charge in [-0.25, -0.2) is 0 Å². The average molecular weight is 326 g/mol. The van der Waals surface area contributed by atoms with Crippen molar-refractivity contribution in [3.05, 3.63) is 0 Å². The molecule has 1 rings (SSSR count). The summed E-state index contributed by atoms with van der Waals surface area (Å²) in [5, 5.41) is 12.0.